The minimum atomic E-state index is -0.533. The number of carbonyl (C=O) groups is 1. The molecule has 5 nitrogen and oxygen atoms in total. The summed E-state index contributed by atoms with van der Waals surface area (Å²) in [4.78, 5) is 16.6. The van der Waals surface area contributed by atoms with E-state index in [1.807, 2.05) is 35.2 Å². The van der Waals surface area contributed by atoms with Crippen molar-refractivity contribution in [3.05, 3.63) is 35.9 Å². The number of aliphatic hydroxyl groups excluding tert-OH is 1. The summed E-state index contributed by atoms with van der Waals surface area (Å²) in [6.07, 6.45) is -0.863. The summed E-state index contributed by atoms with van der Waals surface area (Å²) >= 11 is 0. The van der Waals surface area contributed by atoms with Gasteiger partial charge in [0.25, 0.3) is 5.91 Å². The van der Waals surface area contributed by atoms with Crippen LogP contribution in [0.3, 0.4) is 0 Å². The first kappa shape index (κ1) is 15.9. The van der Waals surface area contributed by atoms with Crippen molar-refractivity contribution < 1.29 is 14.6 Å². The zero-order valence-corrected chi connectivity index (χ0v) is 12.7. The normalized spacial score (nSPS) is 19.3. The maximum atomic E-state index is 12.6. The molecule has 0 radical (unpaired) electrons. The van der Waals surface area contributed by atoms with Crippen molar-refractivity contribution in [1.29, 1.82) is 0 Å². The number of benzene rings is 1. The van der Waals surface area contributed by atoms with Gasteiger partial charge in [0.2, 0.25) is 0 Å². The molecule has 0 saturated carbocycles. The molecule has 1 aliphatic heterocycles. The summed E-state index contributed by atoms with van der Waals surface area (Å²) in [7, 11) is 1.57. The van der Waals surface area contributed by atoms with E-state index in [9.17, 15) is 9.90 Å². The maximum Gasteiger partial charge on any atom is 0.256 e. The van der Waals surface area contributed by atoms with E-state index in [2.05, 4.69) is 4.90 Å². The molecule has 0 unspecified atom stereocenters. The van der Waals surface area contributed by atoms with Crippen molar-refractivity contribution in [1.82, 2.24) is 9.80 Å². The number of piperazine rings is 1. The molecule has 1 saturated heterocycles. The van der Waals surface area contributed by atoms with Gasteiger partial charge in [-0.1, -0.05) is 30.3 Å². The molecule has 1 heterocycles. The van der Waals surface area contributed by atoms with Gasteiger partial charge in [-0.25, -0.2) is 0 Å². The van der Waals surface area contributed by atoms with Crippen LogP contribution in [0.5, 0.6) is 0 Å². The van der Waals surface area contributed by atoms with Crippen LogP contribution in [0.2, 0.25) is 0 Å². The lowest BCUT2D eigenvalue weighted by molar-refractivity contribution is -0.144. The van der Waals surface area contributed by atoms with Crippen molar-refractivity contribution in [2.45, 2.75) is 19.1 Å². The van der Waals surface area contributed by atoms with Crippen LogP contribution in [0.4, 0.5) is 0 Å². The molecule has 116 valence electrons. The van der Waals surface area contributed by atoms with E-state index in [4.69, 9.17) is 4.74 Å². The van der Waals surface area contributed by atoms with Crippen LogP contribution in [0.1, 0.15) is 18.6 Å². The van der Waals surface area contributed by atoms with Gasteiger partial charge >= 0.3 is 0 Å². The predicted octanol–water partition coefficient (Wildman–Crippen LogP) is 0.899. The van der Waals surface area contributed by atoms with E-state index >= 15 is 0 Å². The monoisotopic (exact) mass is 292 g/mol. The molecular weight excluding hydrogens is 268 g/mol. The standard InChI is InChI=1S/C16H24N2O3/c1-13(19)12-17-8-10-18(11-9-17)16(20)15(21-2)14-6-4-3-5-7-14/h3-7,13,15,19H,8-12H2,1-2H3/t13-,15-/m1/s1. The number of carbonyl (C=O) groups excluding carboxylic acids is 1. The third kappa shape index (κ3) is 4.27. The second kappa shape index (κ2) is 7.54. The maximum absolute atomic E-state index is 12.6. The Morgan fingerprint density at radius 3 is 2.38 bits per heavy atom. The Bertz CT molecular complexity index is 442. The van der Waals surface area contributed by atoms with E-state index < -0.39 is 6.10 Å². The number of hydrogen-bond donors (Lipinski definition) is 1. The molecule has 1 N–H and O–H groups in total. The Morgan fingerprint density at radius 1 is 1.24 bits per heavy atom. The molecule has 1 aliphatic rings. The first-order chi connectivity index (χ1) is 10.1. The zero-order valence-electron chi connectivity index (χ0n) is 12.7. The highest BCUT2D eigenvalue weighted by atomic mass is 16.5. The van der Waals surface area contributed by atoms with Gasteiger partial charge in [-0.05, 0) is 12.5 Å². The lowest BCUT2D eigenvalue weighted by Gasteiger charge is -2.36. The molecule has 0 bridgehead atoms. The third-order valence-electron chi connectivity index (χ3n) is 3.77. The molecule has 0 spiro atoms. The second-order valence-corrected chi connectivity index (χ2v) is 5.50. The van der Waals surface area contributed by atoms with E-state index in [0.717, 1.165) is 18.7 Å². The number of β-amino-alcohol motifs (C(OH)–C–C–N with tert-alkyl or cyclic N) is 1. The van der Waals surface area contributed by atoms with Gasteiger partial charge in [-0.2, -0.15) is 0 Å². The quantitative estimate of drug-likeness (QED) is 0.876. The molecule has 1 fully saturated rings. The van der Waals surface area contributed by atoms with Crippen molar-refractivity contribution in [2.24, 2.45) is 0 Å². The summed E-state index contributed by atoms with van der Waals surface area (Å²) < 4.78 is 5.40. The summed E-state index contributed by atoms with van der Waals surface area (Å²) in [5.41, 5.74) is 0.886. The Morgan fingerprint density at radius 2 is 1.86 bits per heavy atom. The SMILES string of the molecule is CO[C@@H](C(=O)N1CCN(C[C@@H](C)O)CC1)c1ccccc1. The molecule has 2 rings (SSSR count). The minimum Gasteiger partial charge on any atom is -0.392 e. The Labute approximate surface area is 126 Å². The van der Waals surface area contributed by atoms with Crippen LogP contribution in [0.15, 0.2) is 30.3 Å². The fraction of sp³-hybridized carbons (Fsp3) is 0.562. The smallest absolute Gasteiger partial charge is 0.256 e. The summed E-state index contributed by atoms with van der Waals surface area (Å²) in [5.74, 6) is 0.0143. The Balaban J connectivity index is 1.94. The van der Waals surface area contributed by atoms with Gasteiger partial charge in [-0.15, -0.1) is 0 Å². The minimum absolute atomic E-state index is 0.0143. The zero-order chi connectivity index (χ0) is 15.2. The van der Waals surface area contributed by atoms with E-state index in [1.165, 1.54) is 0 Å². The fourth-order valence-electron chi connectivity index (χ4n) is 2.70. The summed E-state index contributed by atoms with van der Waals surface area (Å²) in [6, 6.07) is 9.57. The molecule has 1 aromatic rings. The number of ether oxygens (including phenoxy) is 1. The van der Waals surface area contributed by atoms with Crippen molar-refractivity contribution >= 4 is 5.91 Å². The van der Waals surface area contributed by atoms with E-state index in [0.29, 0.717) is 19.6 Å². The van der Waals surface area contributed by atoms with Gasteiger partial charge in [0.05, 0.1) is 6.10 Å². The van der Waals surface area contributed by atoms with Crippen LogP contribution < -0.4 is 0 Å². The fourth-order valence-corrected chi connectivity index (χ4v) is 2.70. The van der Waals surface area contributed by atoms with Crippen LogP contribution in [0, 0.1) is 0 Å². The first-order valence-electron chi connectivity index (χ1n) is 7.38. The topological polar surface area (TPSA) is 53.0 Å². The van der Waals surface area contributed by atoms with Gasteiger partial charge in [-0.3, -0.25) is 9.69 Å². The van der Waals surface area contributed by atoms with Crippen molar-refractivity contribution in [3.63, 3.8) is 0 Å². The van der Waals surface area contributed by atoms with Crippen LogP contribution >= 0.6 is 0 Å². The molecule has 1 amide bonds. The Hall–Kier alpha value is -1.43. The highest BCUT2D eigenvalue weighted by Crippen LogP contribution is 2.20. The lowest BCUT2D eigenvalue weighted by atomic mass is 10.1. The summed E-state index contributed by atoms with van der Waals surface area (Å²) in [5, 5.41) is 9.41. The second-order valence-electron chi connectivity index (χ2n) is 5.50. The van der Waals surface area contributed by atoms with Gasteiger partial charge in [0.1, 0.15) is 0 Å². The molecule has 5 heteroatoms. The van der Waals surface area contributed by atoms with Crippen molar-refractivity contribution in [2.75, 3.05) is 39.8 Å². The highest BCUT2D eigenvalue weighted by Gasteiger charge is 2.28. The highest BCUT2D eigenvalue weighted by molar-refractivity contribution is 5.82. The van der Waals surface area contributed by atoms with Gasteiger partial charge in [0, 0.05) is 39.8 Å². The average molecular weight is 292 g/mol. The average Bonchev–Trinajstić information content (AvgIpc) is 2.49. The van der Waals surface area contributed by atoms with Crippen LogP contribution in [-0.4, -0.2) is 66.8 Å². The van der Waals surface area contributed by atoms with Gasteiger partial charge in [0.15, 0.2) is 6.10 Å². The lowest BCUT2D eigenvalue weighted by Crippen LogP contribution is -2.51. The van der Waals surface area contributed by atoms with Crippen molar-refractivity contribution in [3.8, 4) is 0 Å². The Kier molecular flexibility index (Phi) is 5.73. The molecule has 0 aliphatic carbocycles. The van der Waals surface area contributed by atoms with Gasteiger partial charge < -0.3 is 14.7 Å². The van der Waals surface area contributed by atoms with Crippen LogP contribution in [-0.2, 0) is 9.53 Å². The largest absolute Gasteiger partial charge is 0.392 e. The first-order valence-corrected chi connectivity index (χ1v) is 7.38. The number of hydrogen-bond acceptors (Lipinski definition) is 4. The number of aliphatic hydroxyl groups is 1. The molecule has 1 aromatic carbocycles. The molecule has 21 heavy (non-hydrogen) atoms. The van der Waals surface area contributed by atoms with E-state index in [-0.39, 0.29) is 12.0 Å². The van der Waals surface area contributed by atoms with Crippen LogP contribution in [0.25, 0.3) is 0 Å². The number of rotatable bonds is 5. The number of nitrogens with zero attached hydrogens (tertiary/aromatic N) is 2. The molecule has 2 atom stereocenters. The third-order valence-corrected chi connectivity index (χ3v) is 3.77. The van der Waals surface area contributed by atoms with E-state index in [1.54, 1.807) is 14.0 Å². The predicted molar refractivity (Wildman–Crippen MR) is 80.9 cm³/mol. The number of methoxy groups -OCH3 is 1. The molecule has 0 aromatic heterocycles. The number of amides is 1. The molecular formula is C16H24N2O3. The summed E-state index contributed by atoms with van der Waals surface area (Å²) in [6.45, 7) is 5.39.